The molecule has 1 saturated heterocycles. The van der Waals surface area contributed by atoms with Crippen molar-refractivity contribution in [1.29, 1.82) is 0 Å². The van der Waals surface area contributed by atoms with Crippen LogP contribution < -0.4 is 5.32 Å². The molecule has 5 nitrogen and oxygen atoms in total. The van der Waals surface area contributed by atoms with E-state index in [0.29, 0.717) is 25.9 Å². The zero-order chi connectivity index (χ0) is 15.2. The number of urea groups is 1. The molecule has 0 radical (unpaired) electrons. The standard InChI is InChI=1S/C14H26N2O3S/c1-4-6-14(12(17)18)7-5-8-16(10-14)13(19)15-11(2)9-20-3/h11H,4-10H2,1-3H3,(H,15,19)(H,17,18). The highest BCUT2D eigenvalue weighted by molar-refractivity contribution is 7.98. The molecule has 2 atom stereocenters. The van der Waals surface area contributed by atoms with Crippen LogP contribution in [0.1, 0.15) is 39.5 Å². The third kappa shape index (κ3) is 4.30. The van der Waals surface area contributed by atoms with Crippen molar-refractivity contribution in [2.75, 3.05) is 25.1 Å². The van der Waals surface area contributed by atoms with Gasteiger partial charge in [0, 0.05) is 24.9 Å². The molecule has 0 aromatic carbocycles. The van der Waals surface area contributed by atoms with E-state index in [-0.39, 0.29) is 12.1 Å². The third-order valence-corrected chi connectivity index (χ3v) is 4.67. The van der Waals surface area contributed by atoms with E-state index in [1.807, 2.05) is 20.1 Å². The monoisotopic (exact) mass is 302 g/mol. The lowest BCUT2D eigenvalue weighted by atomic mass is 9.76. The lowest BCUT2D eigenvalue weighted by Gasteiger charge is -2.40. The Bertz CT molecular complexity index is 347. The Morgan fingerprint density at radius 1 is 1.50 bits per heavy atom. The van der Waals surface area contributed by atoms with E-state index in [1.54, 1.807) is 16.7 Å². The minimum Gasteiger partial charge on any atom is -0.481 e. The van der Waals surface area contributed by atoms with Crippen LogP contribution in [0.3, 0.4) is 0 Å². The van der Waals surface area contributed by atoms with Crippen LogP contribution >= 0.6 is 11.8 Å². The van der Waals surface area contributed by atoms with Gasteiger partial charge < -0.3 is 15.3 Å². The predicted molar refractivity (Wildman–Crippen MR) is 82.2 cm³/mol. The van der Waals surface area contributed by atoms with Crippen LogP contribution in [0, 0.1) is 5.41 Å². The Balaban J connectivity index is 2.67. The molecule has 0 aromatic rings. The summed E-state index contributed by atoms with van der Waals surface area (Å²) >= 11 is 1.68. The molecule has 2 unspecified atom stereocenters. The maximum absolute atomic E-state index is 12.2. The van der Waals surface area contributed by atoms with E-state index in [4.69, 9.17) is 0 Å². The van der Waals surface area contributed by atoms with Crippen LogP contribution in [-0.4, -0.2) is 53.1 Å². The van der Waals surface area contributed by atoms with Gasteiger partial charge in [-0.3, -0.25) is 4.79 Å². The van der Waals surface area contributed by atoms with Crippen LogP contribution in [0.2, 0.25) is 0 Å². The molecular weight excluding hydrogens is 276 g/mol. The molecule has 1 fully saturated rings. The van der Waals surface area contributed by atoms with Crippen molar-refractivity contribution in [2.24, 2.45) is 5.41 Å². The van der Waals surface area contributed by atoms with Crippen molar-refractivity contribution in [3.8, 4) is 0 Å². The lowest BCUT2D eigenvalue weighted by Crippen LogP contribution is -2.54. The summed E-state index contributed by atoms with van der Waals surface area (Å²) in [4.78, 5) is 25.5. The van der Waals surface area contributed by atoms with Gasteiger partial charge in [0.2, 0.25) is 0 Å². The highest BCUT2D eigenvalue weighted by atomic mass is 32.2. The summed E-state index contributed by atoms with van der Waals surface area (Å²) in [5.41, 5.74) is -0.757. The van der Waals surface area contributed by atoms with Crippen LogP contribution in [0.5, 0.6) is 0 Å². The molecule has 0 bridgehead atoms. The van der Waals surface area contributed by atoms with Gasteiger partial charge >= 0.3 is 12.0 Å². The largest absolute Gasteiger partial charge is 0.481 e. The number of carboxylic acids is 1. The second-order valence-corrected chi connectivity index (χ2v) is 6.58. The van der Waals surface area contributed by atoms with E-state index in [0.717, 1.165) is 18.6 Å². The highest BCUT2D eigenvalue weighted by Crippen LogP contribution is 2.35. The first-order valence-corrected chi connectivity index (χ1v) is 8.62. The molecule has 1 aliphatic rings. The summed E-state index contributed by atoms with van der Waals surface area (Å²) < 4.78 is 0. The zero-order valence-electron chi connectivity index (χ0n) is 12.6. The van der Waals surface area contributed by atoms with Crippen LogP contribution in [0.15, 0.2) is 0 Å². The van der Waals surface area contributed by atoms with Crippen LogP contribution in [0.4, 0.5) is 4.79 Å². The number of hydrogen-bond acceptors (Lipinski definition) is 3. The summed E-state index contributed by atoms with van der Waals surface area (Å²) in [5, 5.41) is 12.5. The molecule has 1 aliphatic heterocycles. The van der Waals surface area contributed by atoms with Gasteiger partial charge in [0.15, 0.2) is 0 Å². The number of nitrogens with zero attached hydrogens (tertiary/aromatic N) is 1. The average Bonchev–Trinajstić information content (AvgIpc) is 2.39. The van der Waals surface area contributed by atoms with E-state index >= 15 is 0 Å². The average molecular weight is 302 g/mol. The molecule has 1 heterocycles. The van der Waals surface area contributed by atoms with Crippen molar-refractivity contribution in [3.63, 3.8) is 0 Å². The van der Waals surface area contributed by atoms with Gasteiger partial charge in [-0.2, -0.15) is 11.8 Å². The number of amides is 2. The van der Waals surface area contributed by atoms with Crippen molar-refractivity contribution in [1.82, 2.24) is 10.2 Å². The van der Waals surface area contributed by atoms with Crippen LogP contribution in [-0.2, 0) is 4.79 Å². The summed E-state index contributed by atoms with van der Waals surface area (Å²) in [7, 11) is 0. The second-order valence-electron chi connectivity index (χ2n) is 5.67. The SMILES string of the molecule is CCCC1(C(=O)O)CCCN(C(=O)NC(C)CSC)C1. The summed E-state index contributed by atoms with van der Waals surface area (Å²) in [6.07, 6.45) is 4.88. The minimum absolute atomic E-state index is 0.102. The number of hydrogen-bond donors (Lipinski definition) is 2. The fourth-order valence-electron chi connectivity index (χ4n) is 2.86. The smallest absolute Gasteiger partial charge is 0.317 e. The van der Waals surface area contributed by atoms with E-state index in [1.165, 1.54) is 0 Å². The summed E-state index contributed by atoms with van der Waals surface area (Å²) in [5.74, 6) is 0.0903. The first-order chi connectivity index (χ1) is 9.45. The number of aliphatic carboxylic acids is 1. The number of rotatable bonds is 6. The number of carbonyl (C=O) groups excluding carboxylic acids is 1. The second kappa shape index (κ2) is 7.76. The first kappa shape index (κ1) is 17.1. The van der Waals surface area contributed by atoms with Crippen molar-refractivity contribution in [2.45, 2.75) is 45.6 Å². The Hall–Kier alpha value is -0.910. The number of thioether (sulfide) groups is 1. The normalized spacial score (nSPS) is 24.2. The van der Waals surface area contributed by atoms with Gasteiger partial charge in [0.05, 0.1) is 5.41 Å². The van der Waals surface area contributed by atoms with E-state index in [2.05, 4.69) is 5.32 Å². The topological polar surface area (TPSA) is 69.6 Å². The maximum Gasteiger partial charge on any atom is 0.317 e. The third-order valence-electron chi connectivity index (χ3n) is 3.83. The molecule has 20 heavy (non-hydrogen) atoms. The van der Waals surface area contributed by atoms with Gasteiger partial charge in [-0.05, 0) is 32.4 Å². The fourth-order valence-corrected chi connectivity index (χ4v) is 3.45. The first-order valence-electron chi connectivity index (χ1n) is 7.23. The number of nitrogens with one attached hydrogen (secondary N) is 1. The molecule has 0 aromatic heterocycles. The van der Waals surface area contributed by atoms with E-state index < -0.39 is 11.4 Å². The molecular formula is C14H26N2O3S. The highest BCUT2D eigenvalue weighted by Gasteiger charge is 2.42. The molecule has 6 heteroatoms. The van der Waals surface area contributed by atoms with Crippen LogP contribution in [0.25, 0.3) is 0 Å². The van der Waals surface area contributed by atoms with Gasteiger partial charge in [0.25, 0.3) is 0 Å². The van der Waals surface area contributed by atoms with Crippen molar-refractivity contribution >= 4 is 23.8 Å². The van der Waals surface area contributed by atoms with Crippen molar-refractivity contribution in [3.05, 3.63) is 0 Å². The minimum atomic E-state index is -0.769. The van der Waals surface area contributed by atoms with Gasteiger partial charge in [-0.1, -0.05) is 13.3 Å². The molecule has 0 spiro atoms. The predicted octanol–water partition coefficient (Wildman–Crippen LogP) is 2.41. The number of carbonyl (C=O) groups is 2. The fraction of sp³-hybridized carbons (Fsp3) is 0.857. The van der Waals surface area contributed by atoms with Gasteiger partial charge in [-0.25, -0.2) is 4.79 Å². The zero-order valence-corrected chi connectivity index (χ0v) is 13.5. The molecule has 0 saturated carbocycles. The van der Waals surface area contributed by atoms with Gasteiger partial charge in [0.1, 0.15) is 0 Å². The maximum atomic E-state index is 12.2. The Labute approximate surface area is 125 Å². The van der Waals surface area contributed by atoms with E-state index in [9.17, 15) is 14.7 Å². The Morgan fingerprint density at radius 3 is 2.75 bits per heavy atom. The molecule has 2 amide bonds. The summed E-state index contributed by atoms with van der Waals surface area (Å²) in [6.45, 7) is 4.93. The number of likely N-dealkylation sites (tertiary alicyclic amines) is 1. The summed E-state index contributed by atoms with van der Waals surface area (Å²) in [6, 6.07) is -0.0298. The molecule has 0 aliphatic carbocycles. The molecule has 116 valence electrons. The molecule has 1 rings (SSSR count). The molecule has 2 N–H and O–H groups in total. The van der Waals surface area contributed by atoms with Gasteiger partial charge in [-0.15, -0.1) is 0 Å². The Morgan fingerprint density at radius 2 is 2.20 bits per heavy atom. The Kier molecular flexibility index (Phi) is 6.65. The number of piperidine rings is 1. The quantitative estimate of drug-likeness (QED) is 0.790. The lowest BCUT2D eigenvalue weighted by molar-refractivity contribution is -0.152. The number of carboxylic acid groups (broad SMARTS) is 1. The van der Waals surface area contributed by atoms with Crippen molar-refractivity contribution < 1.29 is 14.7 Å².